The average Bonchev–Trinajstić information content (AvgIpc) is 2.48. The first-order chi connectivity index (χ1) is 9.74. The van der Waals surface area contributed by atoms with Gasteiger partial charge in [-0.15, -0.1) is 0 Å². The van der Waals surface area contributed by atoms with Crippen LogP contribution in [0.3, 0.4) is 0 Å². The average molecular weight is 265 g/mol. The minimum Gasteiger partial charge on any atom is -0.453 e. The van der Waals surface area contributed by atoms with Crippen LogP contribution in [0, 0.1) is 0 Å². The van der Waals surface area contributed by atoms with E-state index < -0.39 is 0 Å². The lowest BCUT2D eigenvalue weighted by Gasteiger charge is -2.09. The normalized spacial score (nSPS) is 12.3. The van der Waals surface area contributed by atoms with E-state index in [-0.39, 0.29) is 6.04 Å². The first-order valence-corrected chi connectivity index (χ1v) is 6.47. The van der Waals surface area contributed by atoms with Crippen LogP contribution in [0.25, 0.3) is 10.9 Å². The Morgan fingerprint density at radius 1 is 1.05 bits per heavy atom. The van der Waals surface area contributed by atoms with Crippen molar-refractivity contribution in [1.82, 2.24) is 9.97 Å². The summed E-state index contributed by atoms with van der Waals surface area (Å²) in [6.07, 6.45) is 3.44. The van der Waals surface area contributed by atoms with E-state index >= 15 is 0 Å². The van der Waals surface area contributed by atoms with Gasteiger partial charge in [0.2, 0.25) is 0 Å². The Morgan fingerprint density at radius 3 is 2.65 bits per heavy atom. The number of rotatable bonds is 3. The number of hydrogen-bond donors (Lipinski definition) is 1. The standard InChI is InChI=1S/C16H15N3O/c1-11(17)14-8-7-13(10-19-14)20-15-6-2-4-12-5-3-9-18-16(12)15/h2-11H,17H2,1H3/t11-/m1/s1. The summed E-state index contributed by atoms with van der Waals surface area (Å²) in [7, 11) is 0. The molecule has 0 unspecified atom stereocenters. The van der Waals surface area contributed by atoms with E-state index in [9.17, 15) is 0 Å². The van der Waals surface area contributed by atoms with Crippen molar-refractivity contribution in [2.24, 2.45) is 5.73 Å². The molecule has 0 saturated heterocycles. The van der Waals surface area contributed by atoms with Crippen LogP contribution in [0.1, 0.15) is 18.7 Å². The lowest BCUT2D eigenvalue weighted by molar-refractivity contribution is 0.484. The zero-order valence-corrected chi connectivity index (χ0v) is 11.2. The highest BCUT2D eigenvalue weighted by atomic mass is 16.5. The third kappa shape index (κ3) is 2.46. The molecule has 2 N–H and O–H groups in total. The third-order valence-corrected chi connectivity index (χ3v) is 3.05. The molecule has 1 aromatic carbocycles. The van der Waals surface area contributed by atoms with E-state index in [4.69, 9.17) is 10.5 Å². The van der Waals surface area contributed by atoms with E-state index in [2.05, 4.69) is 9.97 Å². The van der Waals surface area contributed by atoms with Crippen LogP contribution < -0.4 is 10.5 Å². The van der Waals surface area contributed by atoms with Crippen LogP contribution in [0.2, 0.25) is 0 Å². The zero-order chi connectivity index (χ0) is 13.9. The number of ether oxygens (including phenoxy) is 1. The maximum Gasteiger partial charge on any atom is 0.153 e. The van der Waals surface area contributed by atoms with Gasteiger partial charge in [-0.25, -0.2) is 0 Å². The third-order valence-electron chi connectivity index (χ3n) is 3.05. The number of nitrogens with two attached hydrogens (primary N) is 1. The summed E-state index contributed by atoms with van der Waals surface area (Å²) in [5.41, 5.74) is 7.46. The molecule has 100 valence electrons. The van der Waals surface area contributed by atoms with Gasteiger partial charge < -0.3 is 10.5 Å². The highest BCUT2D eigenvalue weighted by molar-refractivity contribution is 5.84. The predicted octanol–water partition coefficient (Wildman–Crippen LogP) is 3.44. The second-order valence-electron chi connectivity index (χ2n) is 4.64. The molecule has 0 spiro atoms. The number of pyridine rings is 2. The van der Waals surface area contributed by atoms with Gasteiger partial charge >= 0.3 is 0 Å². The first-order valence-electron chi connectivity index (χ1n) is 6.47. The van der Waals surface area contributed by atoms with E-state index in [1.165, 1.54) is 0 Å². The second kappa shape index (κ2) is 5.27. The monoisotopic (exact) mass is 265 g/mol. The summed E-state index contributed by atoms with van der Waals surface area (Å²) in [5.74, 6) is 1.39. The Labute approximate surface area is 117 Å². The highest BCUT2D eigenvalue weighted by Crippen LogP contribution is 2.28. The van der Waals surface area contributed by atoms with E-state index in [0.717, 1.165) is 22.3 Å². The summed E-state index contributed by atoms with van der Waals surface area (Å²) in [6, 6.07) is 13.4. The number of aromatic nitrogens is 2. The molecule has 0 aliphatic carbocycles. The maximum absolute atomic E-state index is 5.86. The van der Waals surface area contributed by atoms with Gasteiger partial charge in [0.05, 0.1) is 11.9 Å². The predicted molar refractivity (Wildman–Crippen MR) is 78.7 cm³/mol. The minimum atomic E-state index is -0.0803. The fourth-order valence-corrected chi connectivity index (χ4v) is 2.01. The van der Waals surface area contributed by atoms with Crippen LogP contribution in [0.5, 0.6) is 11.5 Å². The topological polar surface area (TPSA) is 61.0 Å². The lowest BCUT2D eigenvalue weighted by atomic mass is 10.2. The van der Waals surface area contributed by atoms with Gasteiger partial charge in [0.1, 0.15) is 11.3 Å². The Hall–Kier alpha value is -2.46. The van der Waals surface area contributed by atoms with Gasteiger partial charge in [-0.2, -0.15) is 0 Å². The molecular weight excluding hydrogens is 250 g/mol. The molecule has 0 aliphatic heterocycles. The molecule has 0 amide bonds. The van der Waals surface area contributed by atoms with Crippen molar-refractivity contribution in [2.45, 2.75) is 13.0 Å². The summed E-state index contributed by atoms with van der Waals surface area (Å²) < 4.78 is 5.86. The SMILES string of the molecule is C[C@@H](N)c1ccc(Oc2cccc3cccnc23)cn1. The van der Waals surface area contributed by atoms with E-state index in [0.29, 0.717) is 5.75 Å². The summed E-state index contributed by atoms with van der Waals surface area (Å²) in [5, 5.41) is 1.05. The first kappa shape index (κ1) is 12.6. The Bertz CT molecular complexity index is 718. The van der Waals surface area contributed by atoms with Gasteiger partial charge in [-0.3, -0.25) is 9.97 Å². The largest absolute Gasteiger partial charge is 0.453 e. The molecule has 3 aromatic rings. The Balaban J connectivity index is 1.93. The molecule has 3 rings (SSSR count). The summed E-state index contributed by atoms with van der Waals surface area (Å²) >= 11 is 0. The van der Waals surface area contributed by atoms with Gasteiger partial charge in [0.15, 0.2) is 5.75 Å². The van der Waals surface area contributed by atoms with Crippen LogP contribution >= 0.6 is 0 Å². The van der Waals surface area contributed by atoms with Crippen molar-refractivity contribution in [3.05, 3.63) is 60.6 Å². The molecule has 0 radical (unpaired) electrons. The van der Waals surface area contributed by atoms with Crippen molar-refractivity contribution in [2.75, 3.05) is 0 Å². The molecule has 0 fully saturated rings. The molecular formula is C16H15N3O. The number of nitrogens with zero attached hydrogens (tertiary/aromatic N) is 2. The molecule has 0 aliphatic rings. The Morgan fingerprint density at radius 2 is 1.90 bits per heavy atom. The van der Waals surface area contributed by atoms with Crippen LogP contribution in [-0.2, 0) is 0 Å². The smallest absolute Gasteiger partial charge is 0.153 e. The van der Waals surface area contributed by atoms with Crippen LogP contribution in [0.15, 0.2) is 54.9 Å². The number of para-hydroxylation sites is 1. The van der Waals surface area contributed by atoms with Crippen LogP contribution in [0.4, 0.5) is 0 Å². The summed E-state index contributed by atoms with van der Waals surface area (Å²) in [6.45, 7) is 1.90. The highest BCUT2D eigenvalue weighted by Gasteiger charge is 2.05. The molecule has 1 atom stereocenters. The molecule has 0 saturated carbocycles. The molecule has 4 heteroatoms. The maximum atomic E-state index is 5.86. The lowest BCUT2D eigenvalue weighted by Crippen LogP contribution is -2.06. The number of hydrogen-bond acceptors (Lipinski definition) is 4. The minimum absolute atomic E-state index is 0.0803. The van der Waals surface area contributed by atoms with E-state index in [1.54, 1.807) is 12.4 Å². The van der Waals surface area contributed by atoms with Gasteiger partial charge in [0.25, 0.3) is 0 Å². The molecule has 2 aromatic heterocycles. The molecule has 0 bridgehead atoms. The fraction of sp³-hybridized carbons (Fsp3) is 0.125. The second-order valence-corrected chi connectivity index (χ2v) is 4.64. The fourth-order valence-electron chi connectivity index (χ4n) is 2.01. The molecule has 2 heterocycles. The Kier molecular flexibility index (Phi) is 3.31. The van der Waals surface area contributed by atoms with E-state index in [1.807, 2.05) is 49.4 Å². The van der Waals surface area contributed by atoms with Crippen molar-refractivity contribution in [3.8, 4) is 11.5 Å². The quantitative estimate of drug-likeness (QED) is 0.788. The van der Waals surface area contributed by atoms with Gasteiger partial charge in [-0.05, 0) is 31.2 Å². The van der Waals surface area contributed by atoms with Crippen molar-refractivity contribution >= 4 is 10.9 Å². The molecule has 20 heavy (non-hydrogen) atoms. The van der Waals surface area contributed by atoms with Crippen molar-refractivity contribution in [3.63, 3.8) is 0 Å². The van der Waals surface area contributed by atoms with Gasteiger partial charge in [0, 0.05) is 17.6 Å². The van der Waals surface area contributed by atoms with Gasteiger partial charge in [-0.1, -0.05) is 18.2 Å². The van der Waals surface area contributed by atoms with Crippen molar-refractivity contribution in [1.29, 1.82) is 0 Å². The number of fused-ring (bicyclic) bond motifs is 1. The summed E-state index contributed by atoms with van der Waals surface area (Å²) in [4.78, 5) is 8.64. The molecule has 4 nitrogen and oxygen atoms in total. The van der Waals surface area contributed by atoms with Crippen molar-refractivity contribution < 1.29 is 4.74 Å². The zero-order valence-electron chi connectivity index (χ0n) is 11.2. The van der Waals surface area contributed by atoms with Crippen LogP contribution in [-0.4, -0.2) is 9.97 Å². The number of benzene rings is 1.